The lowest BCUT2D eigenvalue weighted by atomic mass is 9.85. The minimum atomic E-state index is -0.629. The van der Waals surface area contributed by atoms with E-state index in [4.69, 9.17) is 9.57 Å². The van der Waals surface area contributed by atoms with E-state index in [-0.39, 0.29) is 12.6 Å². The predicted octanol–water partition coefficient (Wildman–Crippen LogP) is 5.45. The molecule has 1 aliphatic heterocycles. The molecule has 1 aliphatic rings. The van der Waals surface area contributed by atoms with Crippen molar-refractivity contribution in [3.05, 3.63) is 106 Å². The number of hydrogen-bond donors (Lipinski definition) is 0. The highest BCUT2D eigenvalue weighted by atomic mass is 16.6. The number of aryl methyl sites for hydroxylation is 3. The number of oxime groups is 1. The van der Waals surface area contributed by atoms with Gasteiger partial charge in [0.2, 0.25) is 0 Å². The van der Waals surface area contributed by atoms with Gasteiger partial charge < -0.3 is 9.57 Å². The van der Waals surface area contributed by atoms with E-state index < -0.39 is 12.0 Å². The van der Waals surface area contributed by atoms with E-state index in [9.17, 15) is 4.79 Å². The summed E-state index contributed by atoms with van der Waals surface area (Å²) in [6.45, 7) is 6.37. The van der Waals surface area contributed by atoms with Crippen LogP contribution in [0.15, 0.2) is 78.0 Å². The van der Waals surface area contributed by atoms with Gasteiger partial charge in [-0.2, -0.15) is 0 Å². The predicted molar refractivity (Wildman–Crippen MR) is 117 cm³/mol. The molecule has 0 aromatic heterocycles. The van der Waals surface area contributed by atoms with E-state index in [0.29, 0.717) is 5.71 Å². The van der Waals surface area contributed by atoms with E-state index in [2.05, 4.69) is 24.2 Å². The van der Waals surface area contributed by atoms with Gasteiger partial charge in [0, 0.05) is 5.56 Å². The van der Waals surface area contributed by atoms with E-state index in [1.807, 2.05) is 74.5 Å². The minimum Gasteiger partial charge on any atom is -0.460 e. The van der Waals surface area contributed by atoms with E-state index in [1.54, 1.807) is 0 Å². The second kappa shape index (κ2) is 8.54. The van der Waals surface area contributed by atoms with Crippen LogP contribution in [-0.2, 0) is 21.0 Å². The van der Waals surface area contributed by atoms with Crippen molar-refractivity contribution in [2.24, 2.45) is 11.1 Å². The number of rotatable bonds is 5. The zero-order valence-corrected chi connectivity index (χ0v) is 17.5. The first kappa shape index (κ1) is 19.9. The first-order valence-corrected chi connectivity index (χ1v) is 10.1. The van der Waals surface area contributed by atoms with Crippen molar-refractivity contribution >= 4 is 11.7 Å². The van der Waals surface area contributed by atoms with Gasteiger partial charge in [-0.05, 0) is 43.0 Å². The molecule has 4 rings (SSSR count). The fourth-order valence-electron chi connectivity index (χ4n) is 4.11. The van der Waals surface area contributed by atoms with Gasteiger partial charge in [0.15, 0.2) is 6.10 Å². The van der Waals surface area contributed by atoms with Gasteiger partial charge in [-0.3, -0.25) is 4.79 Å². The molecule has 0 radical (unpaired) electrons. The minimum absolute atomic E-state index is 0.219. The summed E-state index contributed by atoms with van der Waals surface area (Å²) < 4.78 is 5.72. The molecule has 152 valence electrons. The van der Waals surface area contributed by atoms with Crippen LogP contribution in [0.4, 0.5) is 0 Å². The monoisotopic (exact) mass is 399 g/mol. The topological polar surface area (TPSA) is 47.9 Å². The number of carbonyl (C=O) groups is 1. The fourth-order valence-corrected chi connectivity index (χ4v) is 4.11. The second-order valence-electron chi connectivity index (χ2n) is 7.76. The Kier molecular flexibility index (Phi) is 5.66. The molecule has 0 bridgehead atoms. The lowest BCUT2D eigenvalue weighted by Gasteiger charge is -2.20. The first-order valence-electron chi connectivity index (χ1n) is 10.1. The molecular formula is C26H25NO3. The van der Waals surface area contributed by atoms with Gasteiger partial charge in [0.1, 0.15) is 18.2 Å². The number of benzene rings is 3. The van der Waals surface area contributed by atoms with Crippen LogP contribution in [0.2, 0.25) is 0 Å². The van der Waals surface area contributed by atoms with Crippen molar-refractivity contribution in [1.29, 1.82) is 0 Å². The summed E-state index contributed by atoms with van der Waals surface area (Å²) in [6.07, 6.45) is -0.510. The third-order valence-corrected chi connectivity index (χ3v) is 5.40. The first-order chi connectivity index (χ1) is 14.5. The third kappa shape index (κ3) is 3.99. The maximum absolute atomic E-state index is 13.3. The molecule has 4 nitrogen and oxygen atoms in total. The van der Waals surface area contributed by atoms with Gasteiger partial charge in [-0.15, -0.1) is 0 Å². The molecule has 2 atom stereocenters. The largest absolute Gasteiger partial charge is 0.460 e. The average Bonchev–Trinajstić information content (AvgIpc) is 3.17. The van der Waals surface area contributed by atoms with Crippen molar-refractivity contribution < 1.29 is 14.4 Å². The Morgan fingerprint density at radius 1 is 0.933 bits per heavy atom. The zero-order valence-electron chi connectivity index (χ0n) is 17.5. The van der Waals surface area contributed by atoms with Crippen molar-refractivity contribution in [1.82, 2.24) is 0 Å². The molecule has 1 heterocycles. The van der Waals surface area contributed by atoms with Crippen LogP contribution in [0, 0.1) is 26.7 Å². The fraction of sp³-hybridized carbons (Fsp3) is 0.231. The summed E-state index contributed by atoms with van der Waals surface area (Å²) in [5.74, 6) is -0.959. The van der Waals surface area contributed by atoms with Gasteiger partial charge in [-0.25, -0.2) is 0 Å². The zero-order chi connectivity index (χ0) is 21.1. The van der Waals surface area contributed by atoms with Crippen LogP contribution in [0.5, 0.6) is 0 Å². The molecular weight excluding hydrogens is 374 g/mol. The molecule has 3 aromatic rings. The Bertz CT molecular complexity index is 1050. The number of hydrogen-bond acceptors (Lipinski definition) is 4. The Labute approximate surface area is 177 Å². The van der Waals surface area contributed by atoms with Gasteiger partial charge in [0.25, 0.3) is 0 Å². The van der Waals surface area contributed by atoms with Gasteiger partial charge in [-0.1, -0.05) is 83.5 Å². The van der Waals surface area contributed by atoms with E-state index >= 15 is 0 Å². The second-order valence-corrected chi connectivity index (χ2v) is 7.76. The molecule has 0 unspecified atom stereocenters. The molecule has 0 fully saturated rings. The molecule has 0 aliphatic carbocycles. The molecule has 0 amide bonds. The molecule has 0 spiro atoms. The van der Waals surface area contributed by atoms with Gasteiger partial charge in [0.05, 0.1) is 0 Å². The van der Waals surface area contributed by atoms with Crippen LogP contribution >= 0.6 is 0 Å². The molecule has 30 heavy (non-hydrogen) atoms. The number of esters is 1. The number of nitrogens with zero attached hydrogens (tertiary/aromatic N) is 1. The van der Waals surface area contributed by atoms with Crippen LogP contribution in [-0.4, -0.2) is 11.7 Å². The van der Waals surface area contributed by atoms with Gasteiger partial charge >= 0.3 is 5.97 Å². The third-order valence-electron chi connectivity index (χ3n) is 5.40. The standard InChI is InChI=1S/C26H25NO3/c1-17-14-18(2)22(19(3)15-17)24-23(25(30-27-24)21-12-8-5-9-13-21)26(28)29-16-20-10-6-4-7-11-20/h4-15,23,25H,16H2,1-3H3/t23-,25-/m0/s1. The quantitative estimate of drug-likeness (QED) is 0.536. The van der Waals surface area contributed by atoms with Crippen molar-refractivity contribution in [3.63, 3.8) is 0 Å². The van der Waals surface area contributed by atoms with Crippen molar-refractivity contribution in [2.45, 2.75) is 33.5 Å². The Balaban J connectivity index is 1.68. The summed E-state index contributed by atoms with van der Waals surface area (Å²) in [6, 6.07) is 23.6. The lowest BCUT2D eigenvalue weighted by molar-refractivity contribution is -0.150. The summed E-state index contributed by atoms with van der Waals surface area (Å²) in [7, 11) is 0. The summed E-state index contributed by atoms with van der Waals surface area (Å²) in [5.41, 5.74) is 6.77. The smallest absolute Gasteiger partial charge is 0.319 e. The summed E-state index contributed by atoms with van der Waals surface area (Å²) in [5, 5.41) is 4.39. The molecule has 3 aromatic carbocycles. The normalized spacial score (nSPS) is 17.9. The van der Waals surface area contributed by atoms with E-state index in [0.717, 1.165) is 27.8 Å². The maximum atomic E-state index is 13.3. The SMILES string of the molecule is Cc1cc(C)c(C2=NO[C@@H](c3ccccc3)[C@H]2C(=O)OCc2ccccc2)c(C)c1. The maximum Gasteiger partial charge on any atom is 0.319 e. The Hall–Kier alpha value is -3.40. The highest BCUT2D eigenvalue weighted by Crippen LogP contribution is 2.37. The Morgan fingerprint density at radius 2 is 1.53 bits per heavy atom. The average molecular weight is 399 g/mol. The van der Waals surface area contributed by atoms with Crippen molar-refractivity contribution in [2.75, 3.05) is 0 Å². The van der Waals surface area contributed by atoms with Crippen LogP contribution in [0.1, 0.15) is 39.5 Å². The van der Waals surface area contributed by atoms with Crippen LogP contribution in [0.25, 0.3) is 0 Å². The summed E-state index contributed by atoms with van der Waals surface area (Å²) in [4.78, 5) is 19.1. The van der Waals surface area contributed by atoms with Crippen LogP contribution in [0.3, 0.4) is 0 Å². The van der Waals surface area contributed by atoms with Crippen LogP contribution < -0.4 is 0 Å². The lowest BCUT2D eigenvalue weighted by Crippen LogP contribution is -2.30. The molecule has 4 heteroatoms. The molecule has 0 saturated heterocycles. The molecule has 0 saturated carbocycles. The number of carbonyl (C=O) groups excluding carboxylic acids is 1. The highest BCUT2D eigenvalue weighted by Gasteiger charge is 2.43. The summed E-state index contributed by atoms with van der Waals surface area (Å²) >= 11 is 0. The van der Waals surface area contributed by atoms with Crippen molar-refractivity contribution in [3.8, 4) is 0 Å². The number of ether oxygens (including phenoxy) is 1. The van der Waals surface area contributed by atoms with E-state index in [1.165, 1.54) is 5.56 Å². The Morgan fingerprint density at radius 3 is 2.17 bits per heavy atom. The highest BCUT2D eigenvalue weighted by molar-refractivity contribution is 6.14. The molecule has 0 N–H and O–H groups in total.